The van der Waals surface area contributed by atoms with E-state index in [2.05, 4.69) is 5.32 Å². The molecular weight excluding hydrogens is 584 g/mol. The number of rotatable bonds is 6. The first kappa shape index (κ1) is 30.1. The van der Waals surface area contributed by atoms with Gasteiger partial charge in [-0.05, 0) is 56.7 Å². The van der Waals surface area contributed by atoms with Gasteiger partial charge in [0.1, 0.15) is 24.1 Å². The summed E-state index contributed by atoms with van der Waals surface area (Å²) in [6.45, 7) is 2.55. The van der Waals surface area contributed by atoms with Gasteiger partial charge < -0.3 is 15.0 Å². The first-order valence-corrected chi connectivity index (χ1v) is 14.9. The van der Waals surface area contributed by atoms with Crippen LogP contribution in [-0.4, -0.2) is 77.0 Å². The van der Waals surface area contributed by atoms with Crippen molar-refractivity contribution in [3.8, 4) is 6.07 Å². The third kappa shape index (κ3) is 5.31. The highest BCUT2D eigenvalue weighted by Gasteiger charge is 2.53. The molecule has 3 amide bonds. The number of aromatic nitrogens is 2. The highest BCUT2D eigenvalue weighted by atomic mass is 19.4. The second-order valence-corrected chi connectivity index (χ2v) is 11.8. The van der Waals surface area contributed by atoms with Crippen LogP contribution in [0.2, 0.25) is 0 Å². The molecule has 0 spiro atoms. The van der Waals surface area contributed by atoms with E-state index in [1.807, 2.05) is 6.07 Å². The molecule has 4 atom stereocenters. The number of carbonyl (C=O) groups excluding carboxylic acids is 3. The lowest BCUT2D eigenvalue weighted by Gasteiger charge is -2.39. The summed E-state index contributed by atoms with van der Waals surface area (Å²) >= 11 is 0. The van der Waals surface area contributed by atoms with Gasteiger partial charge in [0.25, 0.3) is 17.7 Å². The van der Waals surface area contributed by atoms with E-state index >= 15 is 0 Å². The average molecular weight is 617 g/mol. The lowest BCUT2D eigenvalue weighted by molar-refractivity contribution is -0.137. The molecule has 14 heteroatoms. The van der Waals surface area contributed by atoms with Gasteiger partial charge in [-0.2, -0.15) is 23.5 Å². The molecular formula is C30H32F4N6O4. The maximum absolute atomic E-state index is 14.4. The Morgan fingerprint density at radius 1 is 1.18 bits per heavy atom. The average Bonchev–Trinajstić information content (AvgIpc) is 3.67. The van der Waals surface area contributed by atoms with Gasteiger partial charge in [-0.1, -0.05) is 6.07 Å². The summed E-state index contributed by atoms with van der Waals surface area (Å²) < 4.78 is 61.8. The van der Waals surface area contributed by atoms with Gasteiger partial charge in [-0.25, -0.2) is 9.07 Å². The Kier molecular flexibility index (Phi) is 7.85. The van der Waals surface area contributed by atoms with Gasteiger partial charge in [0.05, 0.1) is 24.2 Å². The highest BCUT2D eigenvalue weighted by Crippen LogP contribution is 2.52. The van der Waals surface area contributed by atoms with Crippen LogP contribution in [0.15, 0.2) is 24.3 Å². The Hall–Kier alpha value is -3.99. The summed E-state index contributed by atoms with van der Waals surface area (Å²) in [5, 5.41) is 17.1. The van der Waals surface area contributed by atoms with E-state index in [1.165, 1.54) is 15.9 Å². The minimum Gasteiger partial charge on any atom is -0.381 e. The number of nitriles is 1. The number of benzene rings is 1. The maximum atomic E-state index is 14.4. The molecule has 3 aliphatic heterocycles. The van der Waals surface area contributed by atoms with Crippen LogP contribution in [0.5, 0.6) is 0 Å². The van der Waals surface area contributed by atoms with E-state index in [-0.39, 0.29) is 42.7 Å². The Morgan fingerprint density at radius 3 is 2.55 bits per heavy atom. The number of likely N-dealkylation sites (tertiary alicyclic amines) is 1. The Bertz CT molecular complexity index is 1510. The van der Waals surface area contributed by atoms with Crippen molar-refractivity contribution in [3.05, 3.63) is 46.6 Å². The SMILES string of the molecule is CCN1C(=O)[C@@H](NC(=O)c2cccc(C(F)(F)F)c2)[C@@H](C2CC2)c2c(C(=O)N3C[C@H](F)C[C@H]3C#N)nn(C3CCOCC3)c21. The minimum absolute atomic E-state index is 0.00186. The third-order valence-corrected chi connectivity index (χ3v) is 8.98. The van der Waals surface area contributed by atoms with Crippen molar-refractivity contribution in [2.75, 3.05) is 31.2 Å². The summed E-state index contributed by atoms with van der Waals surface area (Å²) in [4.78, 5) is 44.3. The smallest absolute Gasteiger partial charge is 0.381 e. The fourth-order valence-corrected chi connectivity index (χ4v) is 6.70. The summed E-state index contributed by atoms with van der Waals surface area (Å²) in [5.74, 6) is -2.32. The lowest BCUT2D eigenvalue weighted by Crippen LogP contribution is -2.56. The topological polar surface area (TPSA) is 121 Å². The summed E-state index contributed by atoms with van der Waals surface area (Å²) in [5.41, 5.74) is -0.806. The fourth-order valence-electron chi connectivity index (χ4n) is 6.70. The van der Waals surface area contributed by atoms with Crippen LogP contribution in [0.25, 0.3) is 0 Å². The minimum atomic E-state index is -4.66. The molecule has 44 heavy (non-hydrogen) atoms. The van der Waals surface area contributed by atoms with E-state index in [1.54, 1.807) is 11.6 Å². The van der Waals surface area contributed by atoms with Crippen LogP contribution in [0.1, 0.15) is 83.0 Å². The molecule has 0 radical (unpaired) electrons. The first-order chi connectivity index (χ1) is 21.0. The molecule has 1 aromatic heterocycles. The fraction of sp³-hybridized carbons (Fsp3) is 0.567. The lowest BCUT2D eigenvalue weighted by atomic mass is 9.82. The number of alkyl halides is 4. The van der Waals surface area contributed by atoms with Crippen LogP contribution in [0.3, 0.4) is 0 Å². The Balaban J connectivity index is 1.45. The number of amides is 3. The maximum Gasteiger partial charge on any atom is 0.416 e. The molecule has 1 aromatic carbocycles. The van der Waals surface area contributed by atoms with Crippen molar-refractivity contribution in [2.24, 2.45) is 5.92 Å². The molecule has 2 saturated heterocycles. The molecule has 1 aliphatic carbocycles. The molecule has 10 nitrogen and oxygen atoms in total. The zero-order chi connectivity index (χ0) is 31.3. The van der Waals surface area contributed by atoms with Gasteiger partial charge >= 0.3 is 6.18 Å². The number of hydrogen-bond acceptors (Lipinski definition) is 6. The van der Waals surface area contributed by atoms with Crippen LogP contribution in [0.4, 0.5) is 23.4 Å². The van der Waals surface area contributed by atoms with E-state index in [0.717, 1.165) is 18.2 Å². The molecule has 4 heterocycles. The number of carbonyl (C=O) groups is 3. The number of halogens is 4. The molecule has 1 saturated carbocycles. The van der Waals surface area contributed by atoms with Crippen LogP contribution in [-0.2, 0) is 15.7 Å². The highest BCUT2D eigenvalue weighted by molar-refractivity contribution is 6.07. The largest absolute Gasteiger partial charge is 0.416 e. The number of likely N-dealkylation sites (N-methyl/N-ethyl adjacent to an activating group) is 1. The number of anilines is 1. The van der Waals surface area contributed by atoms with Gasteiger partial charge in [0, 0.05) is 43.2 Å². The van der Waals surface area contributed by atoms with Crippen LogP contribution in [0, 0.1) is 17.2 Å². The van der Waals surface area contributed by atoms with Crippen molar-refractivity contribution in [2.45, 2.75) is 75.4 Å². The predicted octanol–water partition coefficient (Wildman–Crippen LogP) is 3.99. The monoisotopic (exact) mass is 616 g/mol. The van der Waals surface area contributed by atoms with Gasteiger partial charge in [0.15, 0.2) is 5.69 Å². The number of nitrogens with one attached hydrogen (secondary N) is 1. The second-order valence-electron chi connectivity index (χ2n) is 11.8. The Labute approximate surface area is 250 Å². The first-order valence-electron chi connectivity index (χ1n) is 14.9. The second kappa shape index (κ2) is 11.5. The zero-order valence-corrected chi connectivity index (χ0v) is 24.0. The van der Waals surface area contributed by atoms with E-state index in [4.69, 9.17) is 9.84 Å². The zero-order valence-electron chi connectivity index (χ0n) is 24.0. The molecule has 0 unspecified atom stereocenters. The van der Waals surface area contributed by atoms with Crippen molar-refractivity contribution in [1.82, 2.24) is 20.0 Å². The molecule has 6 rings (SSSR count). The van der Waals surface area contributed by atoms with E-state index in [0.29, 0.717) is 50.3 Å². The number of hydrogen-bond donors (Lipinski definition) is 1. The van der Waals surface area contributed by atoms with Gasteiger partial charge in [-0.15, -0.1) is 0 Å². The van der Waals surface area contributed by atoms with Crippen molar-refractivity contribution in [3.63, 3.8) is 0 Å². The van der Waals surface area contributed by atoms with Crippen molar-refractivity contribution in [1.29, 1.82) is 5.26 Å². The molecule has 1 N–H and O–H groups in total. The number of ether oxygens (including phenoxy) is 1. The molecule has 234 valence electrons. The predicted molar refractivity (Wildman–Crippen MR) is 147 cm³/mol. The molecule has 0 bridgehead atoms. The summed E-state index contributed by atoms with van der Waals surface area (Å²) in [6.07, 6.45) is -3.59. The van der Waals surface area contributed by atoms with Crippen molar-refractivity contribution >= 4 is 23.5 Å². The Morgan fingerprint density at radius 2 is 1.91 bits per heavy atom. The quantitative estimate of drug-likeness (QED) is 0.491. The van der Waals surface area contributed by atoms with E-state index in [9.17, 15) is 37.2 Å². The van der Waals surface area contributed by atoms with Crippen LogP contribution < -0.4 is 10.2 Å². The van der Waals surface area contributed by atoms with Crippen molar-refractivity contribution < 1.29 is 36.7 Å². The number of fused-ring (bicyclic) bond motifs is 1. The summed E-state index contributed by atoms with van der Waals surface area (Å²) in [7, 11) is 0. The summed E-state index contributed by atoms with van der Waals surface area (Å²) in [6, 6.07) is 3.60. The molecule has 4 aliphatic rings. The van der Waals surface area contributed by atoms with Gasteiger partial charge in [-0.3, -0.25) is 19.3 Å². The molecule has 2 aromatic rings. The molecule has 3 fully saturated rings. The van der Waals surface area contributed by atoms with E-state index < -0.39 is 53.6 Å². The third-order valence-electron chi connectivity index (χ3n) is 8.98. The van der Waals surface area contributed by atoms with Gasteiger partial charge in [0.2, 0.25) is 0 Å². The number of nitrogens with zero attached hydrogens (tertiary/aromatic N) is 5. The van der Waals surface area contributed by atoms with Crippen LogP contribution >= 0.6 is 0 Å². The standard InChI is InChI=1S/C30H32F4N6O4/c1-2-38-27-23(25(37-40(27)20-8-10-44-11-9-20)29(43)39-15-19(31)13-21(39)14-35)22(16-6-7-16)24(28(38)42)36-26(41)17-4-3-5-18(12-17)30(32,33)34/h3-5,12,16,19-22,24H,2,6-11,13,15H2,1H3,(H,36,41)/t19-,21+,22+,24+/m1/s1. The normalized spacial score (nSPS) is 26.0.